The molecule has 2 fully saturated rings. The van der Waals surface area contributed by atoms with Crippen molar-refractivity contribution < 1.29 is 23.9 Å². The number of morpholine rings is 1. The maximum absolute atomic E-state index is 13.5. The summed E-state index contributed by atoms with van der Waals surface area (Å²) < 4.78 is 23.8. The van der Waals surface area contributed by atoms with Gasteiger partial charge in [-0.15, -0.1) is 0 Å². The zero-order chi connectivity index (χ0) is 23.4. The Bertz CT molecular complexity index is 1070. The number of hydrogen-bond donors (Lipinski definition) is 3. The van der Waals surface area contributed by atoms with Crippen LogP contribution in [0.15, 0.2) is 44.5 Å². The molecule has 0 spiro atoms. The quantitative estimate of drug-likeness (QED) is 0.159. The number of likely N-dealkylation sites (tertiary alicyclic amines) is 1. The van der Waals surface area contributed by atoms with Crippen molar-refractivity contribution in [1.29, 1.82) is 0 Å². The van der Waals surface area contributed by atoms with E-state index in [0.29, 0.717) is 50.9 Å². The second kappa shape index (κ2) is 9.99. The highest BCUT2D eigenvalue weighted by atomic mass is 79.9. The number of nitrogens with one attached hydrogen (secondary N) is 2. The second-order valence-electron chi connectivity index (χ2n) is 7.28. The molecule has 2 aliphatic heterocycles. The Balaban J connectivity index is 1.40. The van der Waals surface area contributed by atoms with E-state index in [2.05, 4.69) is 42.0 Å². The molecular weight excluding hydrogens is 507 g/mol. The van der Waals surface area contributed by atoms with Gasteiger partial charge in [0.05, 0.1) is 28.7 Å². The van der Waals surface area contributed by atoms with Gasteiger partial charge in [-0.3, -0.25) is 10.1 Å². The van der Waals surface area contributed by atoms with Crippen molar-refractivity contribution in [3.63, 3.8) is 0 Å². The van der Waals surface area contributed by atoms with E-state index in [1.165, 1.54) is 18.2 Å². The molecule has 0 bridgehead atoms. The molecule has 2 aliphatic rings. The fraction of sp³-hybridized carbons (Fsp3) is 0.389. The van der Waals surface area contributed by atoms with Gasteiger partial charge in [-0.1, -0.05) is 5.16 Å². The SMILES string of the molecule is O=[N+]([O-])C=C(N1CCOCC1)N1CC(Nc2nonc2C(=NO)Nc2ccc(F)c(Br)c2)C1. The lowest BCUT2D eigenvalue weighted by Gasteiger charge is -2.45. The molecule has 0 saturated carbocycles. The summed E-state index contributed by atoms with van der Waals surface area (Å²) >= 11 is 3.09. The van der Waals surface area contributed by atoms with Crippen LogP contribution >= 0.6 is 15.9 Å². The van der Waals surface area contributed by atoms with E-state index >= 15 is 0 Å². The average Bonchev–Trinajstić information content (AvgIpc) is 3.24. The Morgan fingerprint density at radius 1 is 1.33 bits per heavy atom. The maximum atomic E-state index is 13.5. The van der Waals surface area contributed by atoms with Gasteiger partial charge >= 0.3 is 0 Å². The van der Waals surface area contributed by atoms with Crippen LogP contribution in [0.4, 0.5) is 15.9 Å². The van der Waals surface area contributed by atoms with Gasteiger partial charge in [0.15, 0.2) is 11.5 Å². The number of ether oxygens (including phenoxy) is 1. The largest absolute Gasteiger partial charge is 0.409 e. The number of hydrogen-bond acceptors (Lipinski definition) is 11. The van der Waals surface area contributed by atoms with Crippen LogP contribution in [0.3, 0.4) is 0 Å². The number of nitro groups is 1. The summed E-state index contributed by atoms with van der Waals surface area (Å²) in [6.45, 7) is 3.14. The first kappa shape index (κ1) is 22.7. The van der Waals surface area contributed by atoms with Gasteiger partial charge in [0.1, 0.15) is 5.82 Å². The first-order valence-electron chi connectivity index (χ1n) is 9.91. The summed E-state index contributed by atoms with van der Waals surface area (Å²) in [6, 6.07) is 4.08. The van der Waals surface area contributed by atoms with E-state index in [0.717, 1.165) is 6.20 Å². The lowest BCUT2D eigenvalue weighted by molar-refractivity contribution is -0.405. The molecule has 2 aromatic rings. The van der Waals surface area contributed by atoms with Crippen molar-refractivity contribution in [2.45, 2.75) is 6.04 Å². The third kappa shape index (κ3) is 5.31. The molecule has 15 heteroatoms. The predicted molar refractivity (Wildman–Crippen MR) is 117 cm³/mol. The number of aromatic nitrogens is 2. The Kier molecular flexibility index (Phi) is 6.88. The van der Waals surface area contributed by atoms with E-state index < -0.39 is 10.7 Å². The summed E-state index contributed by atoms with van der Waals surface area (Å²) in [4.78, 5) is 14.5. The van der Waals surface area contributed by atoms with Gasteiger partial charge in [-0.2, -0.15) is 0 Å². The van der Waals surface area contributed by atoms with Crippen LogP contribution in [0.1, 0.15) is 5.69 Å². The van der Waals surface area contributed by atoms with E-state index in [9.17, 15) is 19.7 Å². The van der Waals surface area contributed by atoms with Crippen molar-refractivity contribution in [1.82, 2.24) is 20.1 Å². The fourth-order valence-electron chi connectivity index (χ4n) is 3.48. The van der Waals surface area contributed by atoms with E-state index in [1.807, 2.05) is 9.80 Å². The Hall–Kier alpha value is -3.46. The average molecular weight is 527 g/mol. The number of rotatable bonds is 7. The molecule has 3 heterocycles. The van der Waals surface area contributed by atoms with Crippen LogP contribution in [0.5, 0.6) is 0 Å². The van der Waals surface area contributed by atoms with Crippen LogP contribution in [-0.2, 0) is 4.74 Å². The molecule has 1 aromatic heterocycles. The van der Waals surface area contributed by atoms with E-state index in [4.69, 9.17) is 9.37 Å². The normalized spacial score (nSPS) is 17.6. The number of halogens is 2. The van der Waals surface area contributed by atoms with E-state index in [1.54, 1.807) is 0 Å². The molecule has 13 nitrogen and oxygen atoms in total. The van der Waals surface area contributed by atoms with Crippen molar-refractivity contribution in [3.8, 4) is 0 Å². The number of anilines is 2. The smallest absolute Gasteiger partial charge is 0.274 e. The van der Waals surface area contributed by atoms with Crippen LogP contribution < -0.4 is 10.6 Å². The number of amidine groups is 1. The predicted octanol–water partition coefficient (Wildman–Crippen LogP) is 1.72. The van der Waals surface area contributed by atoms with Crippen LogP contribution in [0.2, 0.25) is 0 Å². The molecule has 0 radical (unpaired) electrons. The standard InChI is InChI=1S/C18H20BrFN8O5/c19-13-7-11(1-2-14(13)20)21-17(23-29)16-18(25-33-24-16)22-12-8-27(9-12)15(10-28(30)31)26-3-5-32-6-4-26/h1-2,7,10,12,29H,3-6,8-9H2,(H,21,23)(H,22,25). The van der Waals surface area contributed by atoms with Crippen LogP contribution in [0.25, 0.3) is 0 Å². The third-order valence-electron chi connectivity index (χ3n) is 5.10. The molecule has 0 aliphatic carbocycles. The molecule has 1 aromatic carbocycles. The van der Waals surface area contributed by atoms with Gasteiger partial charge in [-0.05, 0) is 44.4 Å². The molecule has 176 valence electrons. The molecule has 4 rings (SSSR count). The molecule has 0 amide bonds. The zero-order valence-electron chi connectivity index (χ0n) is 17.1. The van der Waals surface area contributed by atoms with Crippen LogP contribution in [-0.4, -0.2) is 81.5 Å². The number of nitrogens with zero attached hydrogens (tertiary/aromatic N) is 6. The van der Waals surface area contributed by atoms with Gasteiger partial charge in [0.25, 0.3) is 6.20 Å². The highest BCUT2D eigenvalue weighted by Gasteiger charge is 2.34. The summed E-state index contributed by atoms with van der Waals surface area (Å²) in [6.07, 6.45) is 1.01. The molecule has 33 heavy (non-hydrogen) atoms. The molecule has 3 N–H and O–H groups in total. The van der Waals surface area contributed by atoms with Gasteiger partial charge in [0, 0.05) is 31.9 Å². The highest BCUT2D eigenvalue weighted by Crippen LogP contribution is 2.25. The van der Waals surface area contributed by atoms with Gasteiger partial charge < -0.3 is 30.4 Å². The zero-order valence-corrected chi connectivity index (χ0v) is 18.7. The topological polar surface area (TPSA) is 154 Å². The molecule has 0 unspecified atom stereocenters. The van der Waals surface area contributed by atoms with Crippen molar-refractivity contribution in [2.75, 3.05) is 50.0 Å². The minimum Gasteiger partial charge on any atom is -0.409 e. The van der Waals surface area contributed by atoms with Gasteiger partial charge in [0.2, 0.25) is 11.7 Å². The lowest BCUT2D eigenvalue weighted by atomic mass is 10.1. The molecule has 0 atom stereocenters. The molecule has 2 saturated heterocycles. The number of oxime groups is 1. The van der Waals surface area contributed by atoms with Gasteiger partial charge in [-0.25, -0.2) is 9.02 Å². The molecular formula is C18H20BrFN8O5. The Labute approximate surface area is 195 Å². The monoisotopic (exact) mass is 526 g/mol. The first-order chi connectivity index (χ1) is 15.9. The second-order valence-corrected chi connectivity index (χ2v) is 8.14. The lowest BCUT2D eigenvalue weighted by Crippen LogP contribution is -2.57. The Morgan fingerprint density at radius 2 is 2.09 bits per heavy atom. The summed E-state index contributed by atoms with van der Waals surface area (Å²) in [5, 5.41) is 37.3. The highest BCUT2D eigenvalue weighted by molar-refractivity contribution is 9.10. The third-order valence-corrected chi connectivity index (χ3v) is 5.71. The Morgan fingerprint density at radius 3 is 2.76 bits per heavy atom. The van der Waals surface area contributed by atoms with E-state index in [-0.39, 0.29) is 27.9 Å². The van der Waals surface area contributed by atoms with Crippen molar-refractivity contribution in [2.24, 2.45) is 5.16 Å². The number of benzene rings is 1. The van der Waals surface area contributed by atoms with Crippen LogP contribution in [0, 0.1) is 15.9 Å². The minimum absolute atomic E-state index is 0.0595. The maximum Gasteiger partial charge on any atom is 0.274 e. The summed E-state index contributed by atoms with van der Waals surface area (Å²) in [7, 11) is 0. The summed E-state index contributed by atoms with van der Waals surface area (Å²) in [5.74, 6) is 0.259. The fourth-order valence-corrected chi connectivity index (χ4v) is 3.86. The first-order valence-corrected chi connectivity index (χ1v) is 10.7. The van der Waals surface area contributed by atoms with Crippen molar-refractivity contribution >= 4 is 33.3 Å². The van der Waals surface area contributed by atoms with Crippen molar-refractivity contribution in [3.05, 3.63) is 56.3 Å². The summed E-state index contributed by atoms with van der Waals surface area (Å²) in [5.41, 5.74) is 0.561. The minimum atomic E-state index is -0.464.